The Bertz CT molecular complexity index is 722. The van der Waals surface area contributed by atoms with Crippen molar-refractivity contribution in [3.8, 4) is 0 Å². The van der Waals surface area contributed by atoms with Gasteiger partial charge in [0.2, 0.25) is 11.5 Å². The molecule has 0 spiro atoms. The van der Waals surface area contributed by atoms with Crippen molar-refractivity contribution >= 4 is 40.1 Å². The minimum Gasteiger partial charge on any atom is -0.335 e. The van der Waals surface area contributed by atoms with Crippen molar-refractivity contribution in [3.05, 3.63) is 40.2 Å². The third kappa shape index (κ3) is 3.76. The van der Waals surface area contributed by atoms with E-state index in [2.05, 4.69) is 20.3 Å². The summed E-state index contributed by atoms with van der Waals surface area (Å²) in [6, 6.07) is 7.84. The highest BCUT2D eigenvalue weighted by atomic mass is 32.2. The lowest BCUT2D eigenvalue weighted by molar-refractivity contribution is -0.346. The number of thioether (sulfide) groups is 1. The first-order chi connectivity index (χ1) is 9.99. The van der Waals surface area contributed by atoms with Gasteiger partial charge in [-0.05, 0) is 25.3 Å². The molecule has 1 aromatic carbocycles. The van der Waals surface area contributed by atoms with Crippen LogP contribution in [0.1, 0.15) is 5.56 Å². The number of H-pyrrole nitrogens is 2. The van der Waals surface area contributed by atoms with Crippen LogP contribution >= 0.6 is 11.8 Å². The first-order valence-electron chi connectivity index (χ1n) is 6.16. The lowest BCUT2D eigenvalue weighted by Crippen LogP contribution is -2.25. The molecule has 0 atom stereocenters. The predicted molar refractivity (Wildman–Crippen MR) is 87.9 cm³/mol. The van der Waals surface area contributed by atoms with Crippen molar-refractivity contribution in [2.45, 2.75) is 6.92 Å². The van der Waals surface area contributed by atoms with Gasteiger partial charge in [-0.25, -0.2) is 15.0 Å². The number of hydrogen-bond acceptors (Lipinski definition) is 5. The Kier molecular flexibility index (Phi) is 4.49. The van der Waals surface area contributed by atoms with E-state index in [0.29, 0.717) is 5.17 Å². The number of amidine groups is 1. The van der Waals surface area contributed by atoms with Crippen molar-refractivity contribution in [3.63, 3.8) is 0 Å². The molecule has 1 aromatic heterocycles. The standard InChI is InChI=1S/C13H16N6OS/c1-7-3-5-8(6-4-7)16-13(21-2)17-9-10(14)18-12(15)19-11(9)20/h3-6H,1-2H3,(H,16,17)(H5,14,15,18,19,20)/p+1. The molecule has 0 saturated carbocycles. The fourth-order valence-corrected chi connectivity index (χ4v) is 2.04. The quantitative estimate of drug-likeness (QED) is 0.489. The SMILES string of the molecule is CSC(=Nc1c(N)[nH+]c(N)[nH]c1=O)Nc1ccc(C)cc1. The number of nitrogens with one attached hydrogen (secondary N) is 3. The Labute approximate surface area is 125 Å². The molecule has 8 heteroatoms. The summed E-state index contributed by atoms with van der Waals surface area (Å²) in [5.41, 5.74) is 12.9. The monoisotopic (exact) mass is 305 g/mol. The predicted octanol–water partition coefficient (Wildman–Crippen LogP) is 1.12. The zero-order valence-corrected chi connectivity index (χ0v) is 12.5. The molecule has 0 aliphatic rings. The van der Waals surface area contributed by atoms with Crippen molar-refractivity contribution in [1.29, 1.82) is 0 Å². The molecule has 0 unspecified atom stereocenters. The van der Waals surface area contributed by atoms with E-state index in [1.165, 1.54) is 11.8 Å². The fourth-order valence-electron chi connectivity index (χ4n) is 1.64. The molecule has 2 rings (SSSR count). The molecule has 0 aliphatic heterocycles. The number of nitrogens with zero attached hydrogens (tertiary/aromatic N) is 1. The van der Waals surface area contributed by atoms with Crippen LogP contribution in [0.4, 0.5) is 23.1 Å². The van der Waals surface area contributed by atoms with Gasteiger partial charge in [0.05, 0.1) is 0 Å². The largest absolute Gasteiger partial charge is 0.335 e. The summed E-state index contributed by atoms with van der Waals surface area (Å²) in [4.78, 5) is 21.1. The smallest absolute Gasteiger partial charge is 0.324 e. The molecule has 0 bridgehead atoms. The summed E-state index contributed by atoms with van der Waals surface area (Å²) >= 11 is 1.37. The zero-order valence-electron chi connectivity index (χ0n) is 11.7. The highest BCUT2D eigenvalue weighted by Gasteiger charge is 2.12. The minimum atomic E-state index is -0.444. The van der Waals surface area contributed by atoms with Gasteiger partial charge in [0.25, 0.3) is 0 Å². The molecule has 7 N–H and O–H groups in total. The molecule has 2 aromatic rings. The van der Waals surface area contributed by atoms with E-state index >= 15 is 0 Å². The van der Waals surface area contributed by atoms with Crippen LogP contribution in [0.3, 0.4) is 0 Å². The molecular formula is C13H17N6OS+. The number of aromatic amines is 2. The molecule has 0 radical (unpaired) electrons. The maximum absolute atomic E-state index is 11.8. The van der Waals surface area contributed by atoms with Gasteiger partial charge in [0.1, 0.15) is 0 Å². The molecular weight excluding hydrogens is 288 g/mol. The van der Waals surface area contributed by atoms with E-state index in [-0.39, 0.29) is 17.5 Å². The van der Waals surface area contributed by atoms with Crippen LogP contribution in [0.5, 0.6) is 0 Å². The van der Waals surface area contributed by atoms with Crippen molar-refractivity contribution in [2.24, 2.45) is 4.99 Å². The highest BCUT2D eigenvalue weighted by Crippen LogP contribution is 2.16. The number of anilines is 3. The molecule has 1 heterocycles. The molecule has 0 amide bonds. The molecule has 7 nitrogen and oxygen atoms in total. The van der Waals surface area contributed by atoms with E-state index in [0.717, 1.165) is 11.3 Å². The first-order valence-corrected chi connectivity index (χ1v) is 7.39. The van der Waals surface area contributed by atoms with E-state index in [9.17, 15) is 4.79 Å². The number of benzene rings is 1. The summed E-state index contributed by atoms with van der Waals surface area (Å²) in [5.74, 6) is 0.210. The number of rotatable bonds is 2. The Hall–Kier alpha value is -2.48. The van der Waals surface area contributed by atoms with Gasteiger partial charge in [0.15, 0.2) is 5.17 Å². The van der Waals surface area contributed by atoms with Crippen molar-refractivity contribution in [1.82, 2.24) is 4.98 Å². The summed E-state index contributed by atoms with van der Waals surface area (Å²) in [6.07, 6.45) is 1.85. The van der Waals surface area contributed by atoms with Gasteiger partial charge in [-0.15, -0.1) is 0 Å². The van der Waals surface area contributed by atoms with Gasteiger partial charge < -0.3 is 16.8 Å². The lowest BCUT2D eigenvalue weighted by atomic mass is 10.2. The van der Waals surface area contributed by atoms with Crippen LogP contribution in [0.15, 0.2) is 34.1 Å². The van der Waals surface area contributed by atoms with E-state index in [1.54, 1.807) is 0 Å². The Morgan fingerprint density at radius 1 is 1.33 bits per heavy atom. The average molecular weight is 305 g/mol. The van der Waals surface area contributed by atoms with Crippen LogP contribution in [0.25, 0.3) is 0 Å². The number of aromatic nitrogens is 2. The highest BCUT2D eigenvalue weighted by molar-refractivity contribution is 8.13. The van der Waals surface area contributed by atoms with Gasteiger partial charge in [-0.1, -0.05) is 29.5 Å². The van der Waals surface area contributed by atoms with Crippen LogP contribution < -0.4 is 27.3 Å². The van der Waals surface area contributed by atoms with Gasteiger partial charge in [-0.2, -0.15) is 0 Å². The maximum atomic E-state index is 11.8. The summed E-state index contributed by atoms with van der Waals surface area (Å²) < 4.78 is 0. The molecule has 110 valence electrons. The fraction of sp³-hybridized carbons (Fsp3) is 0.154. The molecule has 0 fully saturated rings. The summed E-state index contributed by atoms with van der Waals surface area (Å²) in [5, 5.41) is 3.68. The topological polar surface area (TPSA) is 123 Å². The van der Waals surface area contributed by atoms with Gasteiger partial charge in [0, 0.05) is 5.69 Å². The number of aliphatic imine (C=N–C) groups is 1. The van der Waals surface area contributed by atoms with Gasteiger partial charge >= 0.3 is 11.5 Å². The Balaban J connectivity index is 2.33. The Morgan fingerprint density at radius 2 is 2.00 bits per heavy atom. The number of aryl methyl sites for hydroxylation is 1. The van der Waals surface area contributed by atoms with E-state index in [4.69, 9.17) is 11.5 Å². The van der Waals surface area contributed by atoms with E-state index in [1.807, 2.05) is 37.4 Å². The second kappa shape index (κ2) is 6.31. The normalized spacial score (nSPS) is 11.4. The van der Waals surface area contributed by atoms with Crippen LogP contribution in [0.2, 0.25) is 0 Å². The molecule has 0 saturated heterocycles. The number of nitrogens with two attached hydrogens (primary N) is 2. The van der Waals surface area contributed by atoms with Crippen molar-refractivity contribution < 1.29 is 4.98 Å². The first kappa shape index (κ1) is 14.9. The minimum absolute atomic E-state index is 0.0909. The van der Waals surface area contributed by atoms with Crippen LogP contribution in [-0.2, 0) is 0 Å². The number of hydrogen-bond donors (Lipinski definition) is 4. The van der Waals surface area contributed by atoms with E-state index < -0.39 is 5.56 Å². The summed E-state index contributed by atoms with van der Waals surface area (Å²) in [7, 11) is 0. The Morgan fingerprint density at radius 3 is 2.57 bits per heavy atom. The summed E-state index contributed by atoms with van der Waals surface area (Å²) in [6.45, 7) is 2.01. The van der Waals surface area contributed by atoms with Crippen molar-refractivity contribution in [2.75, 3.05) is 23.0 Å². The third-order valence-corrected chi connectivity index (χ3v) is 3.28. The van der Waals surface area contributed by atoms with Crippen LogP contribution in [-0.4, -0.2) is 16.4 Å². The zero-order chi connectivity index (χ0) is 15.4. The third-order valence-electron chi connectivity index (χ3n) is 2.70. The second-order valence-corrected chi connectivity index (χ2v) is 5.16. The second-order valence-electron chi connectivity index (χ2n) is 4.37. The van der Waals surface area contributed by atoms with Gasteiger partial charge in [-0.3, -0.25) is 4.79 Å². The van der Waals surface area contributed by atoms with Crippen LogP contribution in [0, 0.1) is 6.92 Å². The molecule has 21 heavy (non-hydrogen) atoms. The average Bonchev–Trinajstić information content (AvgIpc) is 2.43. The number of nitrogen functional groups attached to an aromatic ring is 2. The molecule has 0 aliphatic carbocycles. The maximum Gasteiger partial charge on any atom is 0.324 e. The lowest BCUT2D eigenvalue weighted by Gasteiger charge is -2.07.